The summed E-state index contributed by atoms with van der Waals surface area (Å²) in [4.78, 5) is 22.1. The molecule has 0 heterocycles. The summed E-state index contributed by atoms with van der Waals surface area (Å²) in [5.74, 6) is -2.99. The summed E-state index contributed by atoms with van der Waals surface area (Å²) in [6.07, 6.45) is 4.11. The van der Waals surface area contributed by atoms with Gasteiger partial charge in [0, 0.05) is 11.8 Å². The second-order valence-electron chi connectivity index (χ2n) is 5.76. The van der Waals surface area contributed by atoms with Gasteiger partial charge >= 0.3 is 5.97 Å². The van der Waals surface area contributed by atoms with E-state index in [9.17, 15) is 19.1 Å². The van der Waals surface area contributed by atoms with Crippen LogP contribution in [0.15, 0.2) is 35.2 Å². The summed E-state index contributed by atoms with van der Waals surface area (Å²) in [6, 6.07) is 0. The fourth-order valence-electron chi connectivity index (χ4n) is 2.35. The molecule has 1 rings (SSSR count). The molecule has 0 saturated heterocycles. The first kappa shape index (κ1) is 16.3. The van der Waals surface area contributed by atoms with Crippen molar-refractivity contribution in [1.29, 1.82) is 0 Å². The van der Waals surface area contributed by atoms with Crippen LogP contribution in [0.5, 0.6) is 0 Å². The molecule has 4 nitrogen and oxygen atoms in total. The van der Waals surface area contributed by atoms with Crippen molar-refractivity contribution < 1.29 is 24.2 Å². The molecule has 1 aliphatic rings. The van der Waals surface area contributed by atoms with Crippen LogP contribution in [0.25, 0.3) is 0 Å². The number of halogens is 1. The van der Waals surface area contributed by atoms with Gasteiger partial charge in [-0.2, -0.15) is 4.39 Å². The van der Waals surface area contributed by atoms with E-state index < -0.39 is 22.8 Å². The third kappa shape index (κ3) is 2.88. The predicted molar refractivity (Wildman–Crippen MR) is 72.7 cm³/mol. The van der Waals surface area contributed by atoms with Gasteiger partial charge in [0.2, 0.25) is 5.83 Å². The lowest BCUT2D eigenvalue weighted by Crippen LogP contribution is -2.48. The summed E-state index contributed by atoms with van der Waals surface area (Å²) in [7, 11) is 0. The van der Waals surface area contributed by atoms with E-state index in [0.29, 0.717) is 5.57 Å². The third-order valence-electron chi connectivity index (χ3n) is 3.74. The van der Waals surface area contributed by atoms with Crippen molar-refractivity contribution in [2.24, 2.45) is 5.41 Å². The average Bonchev–Trinajstić information content (AvgIpc) is 2.31. The number of carbonyl (C=O) groups is 2. The summed E-state index contributed by atoms with van der Waals surface area (Å²) in [5.41, 5.74) is -1.80. The normalized spacial score (nSPS) is 27.3. The molecular weight excluding hydrogens is 263 g/mol. The first-order valence-electron chi connectivity index (χ1n) is 6.24. The quantitative estimate of drug-likeness (QED) is 0.616. The number of carbonyl (C=O) groups excluding carboxylic acids is 1. The number of hydrogen-bond donors (Lipinski definition) is 2. The van der Waals surface area contributed by atoms with Gasteiger partial charge in [0.05, 0.1) is 0 Å². The van der Waals surface area contributed by atoms with Gasteiger partial charge in [-0.25, -0.2) is 4.79 Å². The Morgan fingerprint density at radius 3 is 2.45 bits per heavy atom. The molecule has 0 aliphatic heterocycles. The number of carboxylic acids is 1. The molecule has 1 aliphatic carbocycles. The first-order chi connectivity index (χ1) is 9.01. The highest BCUT2D eigenvalue weighted by Crippen LogP contribution is 2.44. The Labute approximate surface area is 117 Å². The molecule has 2 N–H and O–H groups in total. The van der Waals surface area contributed by atoms with Crippen molar-refractivity contribution in [2.75, 3.05) is 0 Å². The fourth-order valence-corrected chi connectivity index (χ4v) is 2.35. The maximum absolute atomic E-state index is 13.2. The highest BCUT2D eigenvalue weighted by Gasteiger charge is 2.46. The van der Waals surface area contributed by atoms with E-state index in [1.54, 1.807) is 20.8 Å². The Hall–Kier alpha value is -1.75. The number of ketones is 1. The lowest BCUT2D eigenvalue weighted by Gasteiger charge is -2.43. The maximum Gasteiger partial charge on any atom is 0.365 e. The van der Waals surface area contributed by atoms with Gasteiger partial charge < -0.3 is 10.2 Å². The van der Waals surface area contributed by atoms with E-state index in [4.69, 9.17) is 5.11 Å². The molecule has 0 bridgehead atoms. The summed E-state index contributed by atoms with van der Waals surface area (Å²) in [5, 5.41) is 19.3. The van der Waals surface area contributed by atoms with Gasteiger partial charge in [-0.15, -0.1) is 0 Å². The summed E-state index contributed by atoms with van der Waals surface area (Å²) < 4.78 is 13.2. The van der Waals surface area contributed by atoms with Gasteiger partial charge in [0.25, 0.3) is 0 Å². The van der Waals surface area contributed by atoms with E-state index in [1.165, 1.54) is 25.2 Å². The van der Waals surface area contributed by atoms with Gasteiger partial charge in [-0.1, -0.05) is 19.9 Å². The van der Waals surface area contributed by atoms with Crippen LogP contribution in [-0.2, 0) is 9.59 Å². The highest BCUT2D eigenvalue weighted by molar-refractivity contribution is 5.92. The largest absolute Gasteiger partial charge is 0.476 e. The number of aliphatic hydroxyl groups is 1. The molecule has 0 aromatic heterocycles. The number of aliphatic carboxylic acids is 1. The average molecular weight is 282 g/mol. The van der Waals surface area contributed by atoms with Gasteiger partial charge in [0.15, 0.2) is 5.78 Å². The monoisotopic (exact) mass is 282 g/mol. The number of allylic oxidation sites excluding steroid dienone is 3. The van der Waals surface area contributed by atoms with Crippen molar-refractivity contribution in [2.45, 2.75) is 39.7 Å². The van der Waals surface area contributed by atoms with Crippen molar-refractivity contribution in [3.8, 4) is 0 Å². The molecule has 0 spiro atoms. The van der Waals surface area contributed by atoms with Crippen LogP contribution < -0.4 is 0 Å². The van der Waals surface area contributed by atoms with Crippen LogP contribution >= 0.6 is 0 Å². The fraction of sp³-hybridized carbons (Fsp3) is 0.467. The van der Waals surface area contributed by atoms with E-state index in [-0.39, 0.29) is 17.8 Å². The van der Waals surface area contributed by atoms with E-state index in [2.05, 4.69) is 0 Å². The van der Waals surface area contributed by atoms with Crippen molar-refractivity contribution >= 4 is 11.8 Å². The lowest BCUT2D eigenvalue weighted by atomic mass is 9.64. The third-order valence-corrected chi connectivity index (χ3v) is 3.74. The second-order valence-corrected chi connectivity index (χ2v) is 5.76. The SMILES string of the molecule is CC1=CC(=O)CC(C)(C)C1(O)/C=C/C(C)=C(/F)C(=O)O. The molecule has 0 amide bonds. The first-order valence-corrected chi connectivity index (χ1v) is 6.24. The van der Waals surface area contributed by atoms with Crippen LogP contribution in [0.2, 0.25) is 0 Å². The van der Waals surface area contributed by atoms with Crippen LogP contribution in [0.1, 0.15) is 34.1 Å². The summed E-state index contributed by atoms with van der Waals surface area (Å²) in [6.45, 7) is 6.40. The van der Waals surface area contributed by atoms with Gasteiger partial charge in [-0.3, -0.25) is 4.79 Å². The molecule has 110 valence electrons. The van der Waals surface area contributed by atoms with Crippen LogP contribution in [0.3, 0.4) is 0 Å². The van der Waals surface area contributed by atoms with E-state index in [1.807, 2.05) is 0 Å². The molecule has 0 aromatic carbocycles. The number of rotatable bonds is 3. The minimum Gasteiger partial charge on any atom is -0.476 e. The maximum atomic E-state index is 13.2. The highest BCUT2D eigenvalue weighted by atomic mass is 19.1. The standard InChI is InChI=1S/C15H19FO4/c1-9(12(16)13(18)19)5-6-15(20)10(2)7-11(17)8-14(15,3)4/h5-7,20H,8H2,1-4H3,(H,18,19)/b6-5+,12-9+. The molecule has 0 aromatic rings. The summed E-state index contributed by atoms with van der Waals surface area (Å²) >= 11 is 0. The van der Waals surface area contributed by atoms with Crippen molar-refractivity contribution in [3.05, 3.63) is 35.2 Å². The Balaban J connectivity index is 3.23. The Kier molecular flexibility index (Phi) is 4.34. The Morgan fingerprint density at radius 1 is 1.45 bits per heavy atom. The Bertz CT molecular complexity index is 540. The predicted octanol–water partition coefficient (Wildman–Crippen LogP) is 2.55. The molecule has 0 fully saturated rings. The second kappa shape index (κ2) is 5.32. The molecule has 5 heteroatoms. The molecular formula is C15H19FO4. The topological polar surface area (TPSA) is 74.6 Å². The van der Waals surface area contributed by atoms with Crippen molar-refractivity contribution in [3.63, 3.8) is 0 Å². The zero-order valence-corrected chi connectivity index (χ0v) is 12.0. The molecule has 0 saturated carbocycles. The van der Waals surface area contributed by atoms with Crippen LogP contribution in [-0.4, -0.2) is 27.6 Å². The smallest absolute Gasteiger partial charge is 0.365 e. The van der Waals surface area contributed by atoms with Gasteiger partial charge in [0.1, 0.15) is 5.60 Å². The zero-order chi connectivity index (χ0) is 15.7. The minimum absolute atomic E-state index is 0.0745. The van der Waals surface area contributed by atoms with E-state index >= 15 is 0 Å². The molecule has 1 unspecified atom stereocenters. The van der Waals surface area contributed by atoms with E-state index in [0.717, 1.165) is 0 Å². The lowest BCUT2D eigenvalue weighted by molar-refractivity contribution is -0.134. The van der Waals surface area contributed by atoms with Gasteiger partial charge in [-0.05, 0) is 37.1 Å². The zero-order valence-electron chi connectivity index (χ0n) is 12.0. The number of carboxylic acid groups (broad SMARTS) is 1. The Morgan fingerprint density at radius 2 is 2.00 bits per heavy atom. The molecule has 20 heavy (non-hydrogen) atoms. The molecule has 0 radical (unpaired) electrons. The number of hydrogen-bond acceptors (Lipinski definition) is 3. The van der Waals surface area contributed by atoms with Crippen molar-refractivity contribution in [1.82, 2.24) is 0 Å². The molecule has 1 atom stereocenters. The van der Waals surface area contributed by atoms with Crippen LogP contribution in [0, 0.1) is 5.41 Å². The van der Waals surface area contributed by atoms with Crippen LogP contribution in [0.4, 0.5) is 4.39 Å². The minimum atomic E-state index is -1.65.